The molecule has 6 rings (SSSR count). The summed E-state index contributed by atoms with van der Waals surface area (Å²) in [4.78, 5) is 27.7. The molecule has 0 radical (unpaired) electrons. The van der Waals surface area contributed by atoms with Crippen molar-refractivity contribution in [2.75, 3.05) is 19.7 Å². The van der Waals surface area contributed by atoms with Crippen LogP contribution < -0.4 is 0 Å². The van der Waals surface area contributed by atoms with E-state index in [4.69, 9.17) is 0 Å². The zero-order valence-electron chi connectivity index (χ0n) is 22.9. The third kappa shape index (κ3) is 3.69. The molecule has 5 aliphatic rings. The van der Waals surface area contributed by atoms with Gasteiger partial charge in [0, 0.05) is 31.0 Å². The standard InChI is InChI=1S/C31H34F5NO4/c1-27-8-7-20(39)10-23(27)24(32)11-22-21-9-19-14-37(13-17-3-5-18(6-4-17)31(34,35)36)16-29(19,26(41)15-38)28(21,2)12-25(40)30(22,27)33/h3-8,10,19,21-22,24-25,38,40H,9,11-16H2,1-2H3/t19-,21-,22-,24-,25-,27-,28-,29+,30-/m0/s1. The first-order valence-corrected chi connectivity index (χ1v) is 14.1. The van der Waals surface area contributed by atoms with Gasteiger partial charge in [0.05, 0.1) is 17.1 Å². The average molecular weight is 580 g/mol. The minimum absolute atomic E-state index is 0.0356. The summed E-state index contributed by atoms with van der Waals surface area (Å²) in [5, 5.41) is 21.7. The lowest BCUT2D eigenvalue weighted by atomic mass is 9.43. The summed E-state index contributed by atoms with van der Waals surface area (Å²) in [6.07, 6.45) is -3.76. The molecule has 9 atom stereocenters. The lowest BCUT2D eigenvalue weighted by molar-refractivity contribution is -0.212. The highest BCUT2D eigenvalue weighted by molar-refractivity contribution is 6.01. The van der Waals surface area contributed by atoms with Crippen LogP contribution in [0.25, 0.3) is 0 Å². The Morgan fingerprint density at radius 1 is 1.12 bits per heavy atom. The second kappa shape index (κ2) is 9.04. The van der Waals surface area contributed by atoms with E-state index in [9.17, 15) is 33.0 Å². The van der Waals surface area contributed by atoms with Crippen LogP contribution in [0.15, 0.2) is 48.1 Å². The number of hydrogen-bond acceptors (Lipinski definition) is 5. The summed E-state index contributed by atoms with van der Waals surface area (Å²) in [5.74, 6) is -2.54. The third-order valence-corrected chi connectivity index (χ3v) is 11.6. The topological polar surface area (TPSA) is 77.8 Å². The molecule has 1 saturated heterocycles. The van der Waals surface area contributed by atoms with E-state index in [1.165, 1.54) is 31.2 Å². The Morgan fingerprint density at radius 2 is 1.80 bits per heavy atom. The maximum absolute atomic E-state index is 17.5. The van der Waals surface area contributed by atoms with E-state index in [0.717, 1.165) is 18.2 Å². The van der Waals surface area contributed by atoms with Gasteiger partial charge in [-0.1, -0.05) is 25.1 Å². The number of nitrogens with zero attached hydrogens (tertiary/aromatic N) is 1. The highest BCUT2D eigenvalue weighted by Gasteiger charge is 2.78. The molecule has 41 heavy (non-hydrogen) atoms. The van der Waals surface area contributed by atoms with Crippen LogP contribution in [-0.4, -0.2) is 64.3 Å². The second-order valence-electron chi connectivity index (χ2n) is 13.2. The molecule has 222 valence electrons. The highest BCUT2D eigenvalue weighted by atomic mass is 19.4. The van der Waals surface area contributed by atoms with Crippen LogP contribution in [0, 0.1) is 34.0 Å². The van der Waals surface area contributed by atoms with Crippen molar-refractivity contribution in [2.24, 2.45) is 34.0 Å². The molecule has 0 aromatic heterocycles. The van der Waals surface area contributed by atoms with Gasteiger partial charge in [0.25, 0.3) is 0 Å². The molecule has 1 heterocycles. The Balaban J connectivity index is 1.35. The van der Waals surface area contributed by atoms with Gasteiger partial charge < -0.3 is 10.2 Å². The first-order valence-electron chi connectivity index (χ1n) is 14.1. The summed E-state index contributed by atoms with van der Waals surface area (Å²) in [7, 11) is 0. The Hall–Kier alpha value is -2.43. The molecule has 0 unspecified atom stereocenters. The fourth-order valence-corrected chi connectivity index (χ4v) is 9.70. The fraction of sp³-hybridized carbons (Fsp3) is 0.613. The van der Waals surface area contributed by atoms with E-state index in [2.05, 4.69) is 0 Å². The van der Waals surface area contributed by atoms with Crippen LogP contribution in [0.5, 0.6) is 0 Å². The lowest BCUT2D eigenvalue weighted by Crippen LogP contribution is -2.69. The summed E-state index contributed by atoms with van der Waals surface area (Å²) in [6, 6.07) is 4.84. The number of alkyl halides is 5. The van der Waals surface area contributed by atoms with Gasteiger partial charge in [-0.05, 0) is 78.9 Å². The number of halogens is 5. The number of rotatable bonds is 4. The molecule has 0 spiro atoms. The van der Waals surface area contributed by atoms with E-state index in [-0.39, 0.29) is 37.4 Å². The van der Waals surface area contributed by atoms with E-state index < -0.39 is 75.9 Å². The number of carbonyl (C=O) groups is 2. The maximum atomic E-state index is 17.5. The minimum Gasteiger partial charge on any atom is -0.390 e. The zero-order chi connectivity index (χ0) is 29.8. The molecule has 4 fully saturated rings. The number of carbonyl (C=O) groups excluding carboxylic acids is 2. The lowest BCUT2D eigenvalue weighted by Gasteiger charge is -2.63. The molecule has 10 heteroatoms. The van der Waals surface area contributed by atoms with Crippen molar-refractivity contribution in [3.8, 4) is 0 Å². The number of aliphatic hydroxyl groups excluding tert-OH is 2. The van der Waals surface area contributed by atoms with Crippen molar-refractivity contribution in [2.45, 2.75) is 63.8 Å². The van der Waals surface area contributed by atoms with Gasteiger partial charge in [-0.2, -0.15) is 13.2 Å². The monoisotopic (exact) mass is 579 g/mol. The molecule has 3 saturated carbocycles. The molecule has 0 amide bonds. The first kappa shape index (κ1) is 28.7. The van der Waals surface area contributed by atoms with Crippen molar-refractivity contribution < 1.29 is 41.8 Å². The number of allylic oxidation sites excluding steroid dienone is 4. The molecule has 2 N–H and O–H groups in total. The molecule has 0 bridgehead atoms. The van der Waals surface area contributed by atoms with Crippen molar-refractivity contribution in [1.29, 1.82) is 0 Å². The van der Waals surface area contributed by atoms with Crippen LogP contribution >= 0.6 is 0 Å². The van der Waals surface area contributed by atoms with Crippen molar-refractivity contribution in [1.82, 2.24) is 4.90 Å². The number of likely N-dealkylation sites (tertiary alicyclic amines) is 1. The van der Waals surface area contributed by atoms with Crippen LogP contribution in [0.2, 0.25) is 0 Å². The van der Waals surface area contributed by atoms with Gasteiger partial charge in [0.2, 0.25) is 0 Å². The highest BCUT2D eigenvalue weighted by Crippen LogP contribution is 2.74. The van der Waals surface area contributed by atoms with E-state index in [1.807, 2.05) is 11.8 Å². The Morgan fingerprint density at radius 3 is 2.44 bits per heavy atom. The maximum Gasteiger partial charge on any atom is 0.416 e. The van der Waals surface area contributed by atoms with E-state index in [1.54, 1.807) is 0 Å². The Labute approximate surface area is 235 Å². The number of ketones is 2. The van der Waals surface area contributed by atoms with Crippen molar-refractivity contribution in [3.63, 3.8) is 0 Å². The number of hydrogen-bond donors (Lipinski definition) is 2. The number of fused-ring (bicyclic) bond motifs is 7. The van der Waals surface area contributed by atoms with Crippen LogP contribution in [0.4, 0.5) is 22.0 Å². The van der Waals surface area contributed by atoms with Crippen molar-refractivity contribution >= 4 is 11.6 Å². The molecular weight excluding hydrogens is 545 g/mol. The molecule has 4 aliphatic carbocycles. The van der Waals surface area contributed by atoms with Gasteiger partial charge >= 0.3 is 6.18 Å². The molecule has 1 aliphatic heterocycles. The SMILES string of the molecule is C[C@]12C=CC(=O)C=C1[C@@H](F)C[C@H]1[C@@H]3C[C@H]4CN(Cc5ccc(C(F)(F)F)cc5)C[C@@]4(C(=O)CO)[C@@]3(C)C[C@H](O)[C@@]12F. The summed E-state index contributed by atoms with van der Waals surface area (Å²) in [5.41, 5.74) is -5.96. The second-order valence-corrected chi connectivity index (χ2v) is 13.2. The molecule has 1 aromatic rings. The minimum atomic E-state index is -4.45. The number of aliphatic hydroxyl groups is 2. The molecular formula is C31H34F5NO4. The average Bonchev–Trinajstić information content (AvgIpc) is 3.38. The summed E-state index contributed by atoms with van der Waals surface area (Å²) in [6.45, 7) is 3.51. The number of Topliss-reactive ketones (excluding diaryl/α,β-unsaturated/α-hetero) is 1. The van der Waals surface area contributed by atoms with Crippen molar-refractivity contribution in [3.05, 3.63) is 59.2 Å². The predicted octanol–water partition coefficient (Wildman–Crippen LogP) is 4.61. The predicted molar refractivity (Wildman–Crippen MR) is 139 cm³/mol. The van der Waals surface area contributed by atoms with Gasteiger partial charge in [0.15, 0.2) is 17.2 Å². The third-order valence-electron chi connectivity index (χ3n) is 11.6. The van der Waals surface area contributed by atoms with Crippen LogP contribution in [0.3, 0.4) is 0 Å². The van der Waals surface area contributed by atoms with Gasteiger partial charge in [-0.15, -0.1) is 0 Å². The van der Waals surface area contributed by atoms with Crippen LogP contribution in [0.1, 0.15) is 44.2 Å². The van der Waals surface area contributed by atoms with Crippen LogP contribution in [-0.2, 0) is 22.3 Å². The fourth-order valence-electron chi connectivity index (χ4n) is 9.70. The van der Waals surface area contributed by atoms with E-state index in [0.29, 0.717) is 18.5 Å². The van der Waals surface area contributed by atoms with Gasteiger partial charge in [0.1, 0.15) is 12.8 Å². The normalized spacial score (nSPS) is 43.7. The van der Waals surface area contributed by atoms with E-state index >= 15 is 8.78 Å². The Bertz CT molecular complexity index is 1340. The van der Waals surface area contributed by atoms with Gasteiger partial charge in [-0.3, -0.25) is 14.5 Å². The quantitative estimate of drug-likeness (QED) is 0.510. The smallest absolute Gasteiger partial charge is 0.390 e. The Kier molecular flexibility index (Phi) is 6.32. The summed E-state index contributed by atoms with van der Waals surface area (Å²) < 4.78 is 72.3. The molecule has 1 aromatic carbocycles. The first-order chi connectivity index (χ1) is 19.1. The van der Waals surface area contributed by atoms with Gasteiger partial charge in [-0.25, -0.2) is 8.78 Å². The largest absolute Gasteiger partial charge is 0.416 e. The number of benzene rings is 1. The summed E-state index contributed by atoms with van der Waals surface area (Å²) >= 11 is 0. The molecule has 5 nitrogen and oxygen atoms in total. The zero-order valence-corrected chi connectivity index (χ0v) is 22.9.